The van der Waals surface area contributed by atoms with Crippen molar-refractivity contribution in [1.29, 1.82) is 0 Å². The summed E-state index contributed by atoms with van der Waals surface area (Å²) in [7, 11) is 0. The van der Waals surface area contributed by atoms with Gasteiger partial charge in [0.1, 0.15) is 17.7 Å². The molecule has 8 heteroatoms. The SMILES string of the molecule is C=Cc1cccc(C(C(=O)Nc2c(C)cccc2C)N(CCO)C(=O)C(C)NC(=O)OC(C)(C)C)c1. The Morgan fingerprint density at radius 1 is 1.11 bits per heavy atom. The number of anilines is 1. The maximum absolute atomic E-state index is 13.7. The molecule has 0 saturated heterocycles. The van der Waals surface area contributed by atoms with Crippen molar-refractivity contribution in [1.82, 2.24) is 10.2 Å². The number of aryl methyl sites for hydroxylation is 2. The standard InChI is InChI=1S/C28H37N3O5/c1-8-21-13-10-14-22(17-21)24(25(33)30-23-18(2)11-9-12-19(23)3)31(15-16-32)26(34)20(4)29-27(35)36-28(5,6)7/h8-14,17,20,24,32H,1,15-16H2,2-7H3,(H,29,35)(H,30,33). The van der Waals surface area contributed by atoms with Crippen LogP contribution < -0.4 is 10.6 Å². The molecule has 194 valence electrons. The van der Waals surface area contributed by atoms with Crippen LogP contribution in [0, 0.1) is 13.8 Å². The number of hydrogen-bond donors (Lipinski definition) is 3. The summed E-state index contributed by atoms with van der Waals surface area (Å²) in [5.74, 6) is -0.986. The van der Waals surface area contributed by atoms with E-state index in [-0.39, 0.29) is 13.2 Å². The monoisotopic (exact) mass is 495 g/mol. The Bertz CT molecular complexity index is 1090. The molecule has 2 rings (SSSR count). The van der Waals surface area contributed by atoms with Gasteiger partial charge in [0.25, 0.3) is 5.91 Å². The molecule has 2 unspecified atom stereocenters. The maximum Gasteiger partial charge on any atom is 0.408 e. The normalized spacial score (nSPS) is 12.8. The molecule has 2 atom stereocenters. The summed E-state index contributed by atoms with van der Waals surface area (Å²) >= 11 is 0. The first kappa shape index (κ1) is 28.6. The highest BCUT2D eigenvalue weighted by atomic mass is 16.6. The molecule has 0 radical (unpaired) electrons. The van der Waals surface area contributed by atoms with Gasteiger partial charge in [0, 0.05) is 12.2 Å². The molecule has 0 fully saturated rings. The van der Waals surface area contributed by atoms with E-state index in [9.17, 15) is 19.5 Å². The van der Waals surface area contributed by atoms with Gasteiger partial charge >= 0.3 is 6.09 Å². The van der Waals surface area contributed by atoms with E-state index in [1.807, 2.05) is 38.1 Å². The Morgan fingerprint density at radius 3 is 2.28 bits per heavy atom. The van der Waals surface area contributed by atoms with Gasteiger partial charge in [-0.2, -0.15) is 0 Å². The smallest absolute Gasteiger partial charge is 0.408 e. The van der Waals surface area contributed by atoms with E-state index < -0.39 is 35.6 Å². The number of nitrogens with zero attached hydrogens (tertiary/aromatic N) is 1. The van der Waals surface area contributed by atoms with Crippen molar-refractivity contribution in [3.8, 4) is 0 Å². The van der Waals surface area contributed by atoms with Crippen molar-refractivity contribution in [2.24, 2.45) is 0 Å². The number of nitrogens with one attached hydrogen (secondary N) is 2. The van der Waals surface area contributed by atoms with Gasteiger partial charge in [-0.25, -0.2) is 4.79 Å². The second kappa shape index (κ2) is 12.4. The molecule has 2 aromatic rings. The van der Waals surface area contributed by atoms with Crippen LogP contribution in [0.15, 0.2) is 49.0 Å². The van der Waals surface area contributed by atoms with Gasteiger partial charge in [0.05, 0.1) is 6.61 Å². The number of amides is 3. The van der Waals surface area contributed by atoms with Crippen LogP contribution in [-0.4, -0.2) is 52.7 Å². The zero-order valence-electron chi connectivity index (χ0n) is 21.9. The molecule has 0 aliphatic carbocycles. The number of alkyl carbamates (subject to hydrolysis) is 1. The molecule has 0 spiro atoms. The van der Waals surface area contributed by atoms with Gasteiger partial charge in [-0.15, -0.1) is 0 Å². The Hall–Kier alpha value is -3.65. The molecule has 0 heterocycles. The molecule has 0 saturated carbocycles. The minimum absolute atomic E-state index is 0.123. The van der Waals surface area contributed by atoms with Gasteiger partial charge in [-0.05, 0) is 69.9 Å². The van der Waals surface area contributed by atoms with E-state index in [0.29, 0.717) is 11.3 Å². The number of carbonyl (C=O) groups excluding carboxylic acids is 3. The molecular formula is C28H37N3O5. The van der Waals surface area contributed by atoms with Crippen molar-refractivity contribution in [3.63, 3.8) is 0 Å². The average molecular weight is 496 g/mol. The number of aliphatic hydroxyl groups excluding tert-OH is 1. The Morgan fingerprint density at radius 2 is 1.72 bits per heavy atom. The fraction of sp³-hybridized carbons (Fsp3) is 0.393. The molecule has 0 bridgehead atoms. The first-order valence-electron chi connectivity index (χ1n) is 11.9. The number of hydrogen-bond acceptors (Lipinski definition) is 5. The summed E-state index contributed by atoms with van der Waals surface area (Å²) in [6.45, 7) is 13.7. The third-order valence-electron chi connectivity index (χ3n) is 5.48. The molecule has 3 amide bonds. The number of benzene rings is 2. The Labute approximate surface area is 213 Å². The Kier molecular flexibility index (Phi) is 9.81. The lowest BCUT2D eigenvalue weighted by atomic mass is 10.00. The van der Waals surface area contributed by atoms with Crippen LogP contribution in [0.3, 0.4) is 0 Å². The van der Waals surface area contributed by atoms with Crippen LogP contribution in [0.4, 0.5) is 10.5 Å². The van der Waals surface area contributed by atoms with E-state index in [1.165, 1.54) is 11.8 Å². The van der Waals surface area contributed by atoms with Crippen molar-refractivity contribution in [2.75, 3.05) is 18.5 Å². The first-order chi connectivity index (χ1) is 16.9. The fourth-order valence-electron chi connectivity index (χ4n) is 3.80. The van der Waals surface area contributed by atoms with Crippen molar-refractivity contribution in [3.05, 3.63) is 71.3 Å². The van der Waals surface area contributed by atoms with Crippen LogP contribution in [0.25, 0.3) is 6.08 Å². The molecule has 36 heavy (non-hydrogen) atoms. The second-order valence-electron chi connectivity index (χ2n) is 9.66. The van der Waals surface area contributed by atoms with Crippen LogP contribution in [-0.2, 0) is 14.3 Å². The molecule has 0 aromatic heterocycles. The molecular weight excluding hydrogens is 458 g/mol. The largest absolute Gasteiger partial charge is 0.444 e. The molecule has 3 N–H and O–H groups in total. The zero-order chi connectivity index (χ0) is 27.0. The van der Waals surface area contributed by atoms with Gasteiger partial charge in [-0.3, -0.25) is 9.59 Å². The summed E-state index contributed by atoms with van der Waals surface area (Å²) in [5.41, 5.74) is 2.99. The highest BCUT2D eigenvalue weighted by Gasteiger charge is 2.35. The third-order valence-corrected chi connectivity index (χ3v) is 5.48. The van der Waals surface area contributed by atoms with Gasteiger partial charge in [-0.1, -0.05) is 49.1 Å². The molecule has 2 aromatic carbocycles. The van der Waals surface area contributed by atoms with E-state index >= 15 is 0 Å². The molecule has 0 aliphatic heterocycles. The Balaban J connectivity index is 2.47. The summed E-state index contributed by atoms with van der Waals surface area (Å²) in [6, 6.07) is 10.7. The number of rotatable bonds is 9. The lowest BCUT2D eigenvalue weighted by Gasteiger charge is -2.33. The van der Waals surface area contributed by atoms with Crippen molar-refractivity contribution >= 4 is 29.7 Å². The summed E-state index contributed by atoms with van der Waals surface area (Å²) in [5, 5.41) is 15.3. The fourth-order valence-corrected chi connectivity index (χ4v) is 3.80. The number of para-hydroxylation sites is 1. The molecule has 0 aliphatic rings. The van der Waals surface area contributed by atoms with Crippen LogP contribution in [0.1, 0.15) is 56.0 Å². The minimum atomic E-state index is -1.08. The quantitative estimate of drug-likeness (QED) is 0.479. The lowest BCUT2D eigenvalue weighted by molar-refractivity contribution is -0.141. The van der Waals surface area contributed by atoms with Gasteiger partial charge in [0.15, 0.2) is 0 Å². The van der Waals surface area contributed by atoms with E-state index in [0.717, 1.165) is 16.7 Å². The van der Waals surface area contributed by atoms with E-state index in [2.05, 4.69) is 17.2 Å². The van der Waals surface area contributed by atoms with Crippen molar-refractivity contribution < 1.29 is 24.2 Å². The first-order valence-corrected chi connectivity index (χ1v) is 11.9. The molecule has 8 nitrogen and oxygen atoms in total. The van der Waals surface area contributed by atoms with Crippen LogP contribution >= 0.6 is 0 Å². The van der Waals surface area contributed by atoms with E-state index in [4.69, 9.17) is 4.74 Å². The van der Waals surface area contributed by atoms with Crippen molar-refractivity contribution in [2.45, 2.75) is 59.2 Å². The lowest BCUT2D eigenvalue weighted by Crippen LogP contribution is -2.52. The highest BCUT2D eigenvalue weighted by molar-refractivity contribution is 5.99. The zero-order valence-corrected chi connectivity index (χ0v) is 21.9. The predicted molar refractivity (Wildman–Crippen MR) is 141 cm³/mol. The summed E-state index contributed by atoms with van der Waals surface area (Å²) in [4.78, 5) is 40.8. The van der Waals surface area contributed by atoms with Crippen LogP contribution in [0.5, 0.6) is 0 Å². The number of ether oxygens (including phenoxy) is 1. The maximum atomic E-state index is 13.7. The van der Waals surface area contributed by atoms with E-state index in [1.54, 1.807) is 45.0 Å². The predicted octanol–water partition coefficient (Wildman–Crippen LogP) is 4.36. The number of carbonyl (C=O) groups is 3. The highest BCUT2D eigenvalue weighted by Crippen LogP contribution is 2.27. The summed E-state index contributed by atoms with van der Waals surface area (Å²) < 4.78 is 5.27. The number of aliphatic hydroxyl groups is 1. The average Bonchev–Trinajstić information content (AvgIpc) is 2.79. The minimum Gasteiger partial charge on any atom is -0.444 e. The summed E-state index contributed by atoms with van der Waals surface area (Å²) in [6.07, 6.45) is 0.895. The third kappa shape index (κ3) is 7.68. The topological polar surface area (TPSA) is 108 Å². The van der Waals surface area contributed by atoms with Crippen LogP contribution in [0.2, 0.25) is 0 Å². The van der Waals surface area contributed by atoms with Gasteiger partial charge in [0.2, 0.25) is 5.91 Å². The van der Waals surface area contributed by atoms with Gasteiger partial charge < -0.3 is 25.4 Å². The second-order valence-corrected chi connectivity index (χ2v) is 9.66.